The van der Waals surface area contributed by atoms with E-state index in [0.717, 1.165) is 43.9 Å². The first-order valence-corrected chi connectivity index (χ1v) is 8.75. The zero-order valence-electron chi connectivity index (χ0n) is 15.0. The van der Waals surface area contributed by atoms with Crippen LogP contribution in [-0.4, -0.2) is 32.2 Å². The Hall–Kier alpha value is -2.44. The third-order valence-electron chi connectivity index (χ3n) is 4.86. The van der Waals surface area contributed by atoms with Crippen molar-refractivity contribution in [3.05, 3.63) is 59.2 Å². The number of fused-ring (bicyclic) bond motifs is 1. The van der Waals surface area contributed by atoms with E-state index in [1.807, 2.05) is 0 Å². The van der Waals surface area contributed by atoms with Gasteiger partial charge in [-0.15, -0.1) is 12.3 Å². The van der Waals surface area contributed by atoms with Gasteiger partial charge in [0.05, 0.1) is 20.3 Å². The Morgan fingerprint density at radius 3 is 2.52 bits per heavy atom. The summed E-state index contributed by atoms with van der Waals surface area (Å²) in [7, 11) is 3.38. The number of hydrogen-bond donors (Lipinski definition) is 0. The molecule has 1 aliphatic rings. The number of terminal acetylenes is 1. The van der Waals surface area contributed by atoms with Crippen LogP contribution in [0.3, 0.4) is 0 Å². The van der Waals surface area contributed by atoms with Crippen LogP contribution in [0.1, 0.15) is 35.6 Å². The van der Waals surface area contributed by atoms with Crippen molar-refractivity contribution in [1.29, 1.82) is 0 Å². The quantitative estimate of drug-likeness (QED) is 0.587. The molecule has 130 valence electrons. The number of nitrogens with zero attached hydrogens (tertiary/aromatic N) is 1. The van der Waals surface area contributed by atoms with Crippen LogP contribution in [0.5, 0.6) is 11.5 Å². The van der Waals surface area contributed by atoms with Gasteiger partial charge >= 0.3 is 0 Å². The number of hydrogen-bond acceptors (Lipinski definition) is 3. The SMILES string of the molecule is C#CCCCN1CCc2cc(OC)c(OC)cc2C1c1ccccc1. The van der Waals surface area contributed by atoms with Crippen molar-refractivity contribution < 1.29 is 9.47 Å². The van der Waals surface area contributed by atoms with Gasteiger partial charge < -0.3 is 9.47 Å². The van der Waals surface area contributed by atoms with Crippen molar-refractivity contribution in [1.82, 2.24) is 4.90 Å². The molecule has 25 heavy (non-hydrogen) atoms. The molecule has 1 heterocycles. The van der Waals surface area contributed by atoms with E-state index in [0.29, 0.717) is 0 Å². The maximum Gasteiger partial charge on any atom is 0.161 e. The Morgan fingerprint density at radius 2 is 1.84 bits per heavy atom. The third kappa shape index (κ3) is 3.65. The summed E-state index contributed by atoms with van der Waals surface area (Å²) in [5, 5.41) is 0. The molecule has 3 heteroatoms. The van der Waals surface area contributed by atoms with Crippen LogP contribution in [0, 0.1) is 12.3 Å². The van der Waals surface area contributed by atoms with Gasteiger partial charge in [-0.2, -0.15) is 0 Å². The van der Waals surface area contributed by atoms with Gasteiger partial charge in [-0.25, -0.2) is 0 Å². The molecule has 1 atom stereocenters. The normalized spacial score (nSPS) is 16.8. The van der Waals surface area contributed by atoms with E-state index in [-0.39, 0.29) is 6.04 Å². The van der Waals surface area contributed by atoms with Crippen molar-refractivity contribution in [2.24, 2.45) is 0 Å². The third-order valence-corrected chi connectivity index (χ3v) is 4.86. The summed E-state index contributed by atoms with van der Waals surface area (Å²) in [6, 6.07) is 15.2. The molecule has 3 rings (SSSR count). The van der Waals surface area contributed by atoms with E-state index in [4.69, 9.17) is 15.9 Å². The first-order valence-electron chi connectivity index (χ1n) is 8.75. The van der Waals surface area contributed by atoms with Gasteiger partial charge in [-0.05, 0) is 48.2 Å². The summed E-state index contributed by atoms with van der Waals surface area (Å²) in [6.07, 6.45) is 8.28. The summed E-state index contributed by atoms with van der Waals surface area (Å²) in [4.78, 5) is 2.53. The van der Waals surface area contributed by atoms with E-state index < -0.39 is 0 Å². The molecule has 0 spiro atoms. The molecule has 1 unspecified atom stereocenters. The van der Waals surface area contributed by atoms with E-state index in [1.165, 1.54) is 16.7 Å². The van der Waals surface area contributed by atoms with Gasteiger partial charge in [0.1, 0.15) is 0 Å². The molecule has 2 aromatic rings. The summed E-state index contributed by atoms with van der Waals surface area (Å²) in [6.45, 7) is 2.02. The second kappa shape index (κ2) is 8.09. The minimum atomic E-state index is 0.225. The minimum absolute atomic E-state index is 0.225. The molecule has 0 aromatic heterocycles. The highest BCUT2D eigenvalue weighted by molar-refractivity contribution is 5.51. The summed E-state index contributed by atoms with van der Waals surface area (Å²) in [5.41, 5.74) is 3.94. The molecule has 2 aromatic carbocycles. The molecule has 0 fully saturated rings. The maximum atomic E-state index is 5.55. The summed E-state index contributed by atoms with van der Waals surface area (Å²) in [5.74, 6) is 4.34. The fourth-order valence-electron chi connectivity index (χ4n) is 3.65. The predicted molar refractivity (Wildman–Crippen MR) is 101 cm³/mol. The Morgan fingerprint density at radius 1 is 1.12 bits per heavy atom. The minimum Gasteiger partial charge on any atom is -0.493 e. The topological polar surface area (TPSA) is 21.7 Å². The molecule has 3 nitrogen and oxygen atoms in total. The number of benzene rings is 2. The van der Waals surface area contributed by atoms with Crippen molar-refractivity contribution >= 4 is 0 Å². The first kappa shape index (κ1) is 17.4. The van der Waals surface area contributed by atoms with E-state index in [2.05, 4.69) is 53.3 Å². The summed E-state index contributed by atoms with van der Waals surface area (Å²) >= 11 is 0. The van der Waals surface area contributed by atoms with Crippen LogP contribution in [0.25, 0.3) is 0 Å². The smallest absolute Gasteiger partial charge is 0.161 e. The molecule has 0 radical (unpaired) electrons. The number of unbranched alkanes of at least 4 members (excludes halogenated alkanes) is 1. The standard InChI is InChI=1S/C22H25NO2/c1-4-5-9-13-23-14-12-18-15-20(24-2)21(25-3)16-19(18)22(23)17-10-7-6-8-11-17/h1,6-8,10-11,15-16,22H,5,9,12-14H2,2-3H3. The monoisotopic (exact) mass is 335 g/mol. The van der Waals surface area contributed by atoms with Crippen LogP contribution in [0.2, 0.25) is 0 Å². The van der Waals surface area contributed by atoms with E-state index in [9.17, 15) is 0 Å². The largest absolute Gasteiger partial charge is 0.493 e. The number of methoxy groups -OCH3 is 2. The van der Waals surface area contributed by atoms with Crippen LogP contribution in [-0.2, 0) is 6.42 Å². The lowest BCUT2D eigenvalue weighted by Crippen LogP contribution is -2.36. The fraction of sp³-hybridized carbons (Fsp3) is 0.364. The van der Waals surface area contributed by atoms with Crippen LogP contribution in [0.4, 0.5) is 0 Å². The second-order valence-electron chi connectivity index (χ2n) is 6.31. The van der Waals surface area contributed by atoms with Crippen molar-refractivity contribution in [3.8, 4) is 23.8 Å². The van der Waals surface area contributed by atoms with Gasteiger partial charge in [-0.3, -0.25) is 4.90 Å². The number of rotatable bonds is 6. The predicted octanol–water partition coefficient (Wildman–Crippen LogP) is 4.06. The molecular weight excluding hydrogens is 310 g/mol. The molecule has 0 bridgehead atoms. The van der Waals surface area contributed by atoms with Gasteiger partial charge in [0.25, 0.3) is 0 Å². The van der Waals surface area contributed by atoms with Crippen molar-refractivity contribution in [3.63, 3.8) is 0 Å². The Balaban J connectivity index is 2.03. The fourth-order valence-corrected chi connectivity index (χ4v) is 3.65. The van der Waals surface area contributed by atoms with Gasteiger partial charge in [0.2, 0.25) is 0 Å². The Labute approximate surface area is 150 Å². The van der Waals surface area contributed by atoms with Gasteiger partial charge in [0.15, 0.2) is 11.5 Å². The molecule has 0 saturated carbocycles. The zero-order valence-corrected chi connectivity index (χ0v) is 15.0. The molecule has 0 N–H and O–H groups in total. The van der Waals surface area contributed by atoms with Crippen LogP contribution < -0.4 is 9.47 Å². The van der Waals surface area contributed by atoms with Gasteiger partial charge in [0, 0.05) is 13.0 Å². The second-order valence-corrected chi connectivity index (χ2v) is 6.31. The maximum absolute atomic E-state index is 5.55. The lowest BCUT2D eigenvalue weighted by atomic mass is 9.87. The molecule has 1 aliphatic heterocycles. The summed E-state index contributed by atoms with van der Waals surface area (Å²) < 4.78 is 11.0. The lowest BCUT2D eigenvalue weighted by molar-refractivity contribution is 0.210. The molecule has 0 amide bonds. The zero-order chi connectivity index (χ0) is 17.6. The highest BCUT2D eigenvalue weighted by Crippen LogP contribution is 2.40. The average molecular weight is 335 g/mol. The highest BCUT2D eigenvalue weighted by Gasteiger charge is 2.29. The van der Waals surface area contributed by atoms with Crippen molar-refractivity contribution in [2.45, 2.75) is 25.3 Å². The molecular formula is C22H25NO2. The first-order chi connectivity index (χ1) is 12.3. The molecule has 0 aliphatic carbocycles. The van der Waals surface area contributed by atoms with Crippen LogP contribution in [0.15, 0.2) is 42.5 Å². The lowest BCUT2D eigenvalue weighted by Gasteiger charge is -2.38. The average Bonchev–Trinajstić information content (AvgIpc) is 2.67. The Kier molecular flexibility index (Phi) is 5.63. The van der Waals surface area contributed by atoms with E-state index >= 15 is 0 Å². The molecule has 0 saturated heterocycles. The van der Waals surface area contributed by atoms with Gasteiger partial charge in [-0.1, -0.05) is 30.3 Å². The highest BCUT2D eigenvalue weighted by atomic mass is 16.5. The van der Waals surface area contributed by atoms with Crippen molar-refractivity contribution in [2.75, 3.05) is 27.3 Å². The number of ether oxygens (including phenoxy) is 2. The Bertz CT molecular complexity index is 749. The van der Waals surface area contributed by atoms with Crippen LogP contribution >= 0.6 is 0 Å². The van der Waals surface area contributed by atoms with E-state index in [1.54, 1.807) is 14.2 Å².